The topological polar surface area (TPSA) is 84.1 Å². The fourth-order valence-electron chi connectivity index (χ4n) is 3.70. The van der Waals surface area contributed by atoms with Gasteiger partial charge in [0.05, 0.1) is 5.39 Å². The van der Waals surface area contributed by atoms with Crippen molar-refractivity contribution in [2.45, 2.75) is 32.9 Å². The average molecular weight is 380 g/mol. The second-order valence-electron chi connectivity index (χ2n) is 6.77. The summed E-state index contributed by atoms with van der Waals surface area (Å²) in [6.07, 6.45) is 5.83. The molecule has 1 N–H and O–H groups in total. The fourth-order valence-corrected chi connectivity index (χ4v) is 5.03. The first kappa shape index (κ1) is 16.5. The number of nitrogens with zero attached hydrogens (tertiary/aromatic N) is 7. The number of pyridine rings is 1. The third-order valence-electron chi connectivity index (χ3n) is 4.96. The van der Waals surface area contributed by atoms with Crippen molar-refractivity contribution in [3.63, 3.8) is 0 Å². The number of rotatable bonds is 5. The van der Waals surface area contributed by atoms with Crippen LogP contribution < -0.4 is 5.32 Å². The van der Waals surface area contributed by atoms with Gasteiger partial charge in [-0.1, -0.05) is 12.0 Å². The summed E-state index contributed by atoms with van der Waals surface area (Å²) >= 11 is 1.79. The molecule has 0 atom stereocenters. The monoisotopic (exact) mass is 380 g/mol. The van der Waals surface area contributed by atoms with Gasteiger partial charge in [-0.25, -0.2) is 0 Å². The molecule has 0 aromatic carbocycles. The molecule has 9 heteroatoms. The molecule has 0 saturated heterocycles. The van der Waals surface area contributed by atoms with E-state index in [1.165, 1.54) is 22.2 Å². The smallest absolute Gasteiger partial charge is 0.276 e. The Morgan fingerprint density at radius 1 is 1.26 bits per heavy atom. The number of anilines is 1. The Bertz CT molecular complexity index is 1090. The van der Waals surface area contributed by atoms with E-state index in [4.69, 9.17) is 4.98 Å². The largest absolute Gasteiger partial charge is 0.365 e. The molecule has 0 radical (unpaired) electrons. The number of tetrazole rings is 1. The lowest BCUT2D eigenvalue weighted by Crippen LogP contribution is -2.30. The Morgan fingerprint density at radius 3 is 3.00 bits per heavy atom. The van der Waals surface area contributed by atoms with E-state index in [1.807, 2.05) is 12.1 Å². The quantitative estimate of drug-likeness (QED) is 0.569. The molecular weight excluding hydrogens is 360 g/mol. The molecule has 0 unspecified atom stereocenters. The summed E-state index contributed by atoms with van der Waals surface area (Å²) in [5.74, 6) is 1.40. The van der Waals surface area contributed by atoms with Gasteiger partial charge in [0.1, 0.15) is 10.6 Å². The van der Waals surface area contributed by atoms with E-state index < -0.39 is 0 Å². The van der Waals surface area contributed by atoms with Crippen molar-refractivity contribution in [3.8, 4) is 0 Å². The van der Waals surface area contributed by atoms with Crippen molar-refractivity contribution in [1.82, 2.24) is 34.9 Å². The van der Waals surface area contributed by atoms with E-state index in [0.29, 0.717) is 12.3 Å². The molecule has 5 rings (SSSR count). The van der Waals surface area contributed by atoms with Crippen LogP contribution in [0.3, 0.4) is 0 Å². The summed E-state index contributed by atoms with van der Waals surface area (Å²) < 4.78 is 1.76. The van der Waals surface area contributed by atoms with Crippen molar-refractivity contribution in [3.05, 3.63) is 40.5 Å². The highest BCUT2D eigenvalue weighted by molar-refractivity contribution is 7.19. The van der Waals surface area contributed by atoms with Gasteiger partial charge in [-0.3, -0.25) is 9.88 Å². The molecular formula is C18H20N8S. The Labute approximate surface area is 160 Å². The van der Waals surface area contributed by atoms with Gasteiger partial charge in [0.15, 0.2) is 0 Å². The van der Waals surface area contributed by atoms with Gasteiger partial charge in [0, 0.05) is 36.9 Å². The minimum atomic E-state index is 0.531. The molecule has 1 aliphatic heterocycles. The predicted molar refractivity (Wildman–Crippen MR) is 105 cm³/mol. The van der Waals surface area contributed by atoms with Crippen molar-refractivity contribution in [2.75, 3.05) is 18.4 Å². The molecule has 0 amide bonds. The number of fused-ring (bicyclic) bond motifs is 5. The Kier molecular flexibility index (Phi) is 4.17. The van der Waals surface area contributed by atoms with Crippen LogP contribution in [0.15, 0.2) is 24.5 Å². The second kappa shape index (κ2) is 6.82. The van der Waals surface area contributed by atoms with Crippen molar-refractivity contribution in [2.24, 2.45) is 0 Å². The van der Waals surface area contributed by atoms with Gasteiger partial charge in [-0.05, 0) is 53.1 Å². The highest BCUT2D eigenvalue weighted by atomic mass is 32.1. The maximum Gasteiger partial charge on any atom is 0.276 e. The summed E-state index contributed by atoms with van der Waals surface area (Å²) in [7, 11) is 0. The minimum Gasteiger partial charge on any atom is -0.365 e. The van der Waals surface area contributed by atoms with Gasteiger partial charge in [0.25, 0.3) is 5.78 Å². The Morgan fingerprint density at radius 2 is 2.15 bits per heavy atom. The van der Waals surface area contributed by atoms with Crippen LogP contribution in [0.4, 0.5) is 5.82 Å². The zero-order chi connectivity index (χ0) is 18.2. The van der Waals surface area contributed by atoms with Crippen LogP contribution in [-0.4, -0.2) is 48.0 Å². The third-order valence-corrected chi connectivity index (χ3v) is 6.15. The Hall–Kier alpha value is -2.65. The molecule has 0 aliphatic carbocycles. The molecule has 0 saturated carbocycles. The van der Waals surface area contributed by atoms with Crippen LogP contribution in [0.2, 0.25) is 0 Å². The SMILES string of the molecule is CCCN1CCc2c(sc3c2c(NCc2ccncc2)nc2nnnn23)C1. The summed E-state index contributed by atoms with van der Waals surface area (Å²) in [6.45, 7) is 6.14. The van der Waals surface area contributed by atoms with Crippen LogP contribution in [0.1, 0.15) is 29.3 Å². The van der Waals surface area contributed by atoms with Crippen LogP contribution in [-0.2, 0) is 19.5 Å². The van der Waals surface area contributed by atoms with E-state index in [9.17, 15) is 0 Å². The van der Waals surface area contributed by atoms with Gasteiger partial charge in [0.2, 0.25) is 0 Å². The van der Waals surface area contributed by atoms with Crippen molar-refractivity contribution in [1.29, 1.82) is 0 Å². The normalized spacial score (nSPS) is 14.7. The molecule has 4 aromatic heterocycles. The van der Waals surface area contributed by atoms with Crippen molar-refractivity contribution >= 4 is 33.1 Å². The zero-order valence-electron chi connectivity index (χ0n) is 15.1. The van der Waals surface area contributed by atoms with Crippen LogP contribution in [0.25, 0.3) is 16.0 Å². The van der Waals surface area contributed by atoms with Gasteiger partial charge in [-0.15, -0.1) is 11.3 Å². The standard InChI is InChI=1S/C18H20N8S/c1-2-8-25-9-5-13-14(11-25)27-17-15(13)16(21-18-22-23-24-26(17)18)20-10-12-3-6-19-7-4-12/h3-4,6-7H,2,5,8-11H2,1H3,(H,20,21,22,24). The number of thiophene rings is 1. The van der Waals surface area contributed by atoms with Gasteiger partial charge >= 0.3 is 0 Å². The first-order valence-electron chi connectivity index (χ1n) is 9.21. The lowest BCUT2D eigenvalue weighted by atomic mass is 10.0. The van der Waals surface area contributed by atoms with Gasteiger partial charge < -0.3 is 5.32 Å². The maximum absolute atomic E-state index is 4.71. The average Bonchev–Trinajstić information content (AvgIpc) is 3.31. The molecule has 1 aliphatic rings. The summed E-state index contributed by atoms with van der Waals surface area (Å²) in [5.41, 5.74) is 2.56. The number of hydrogen-bond acceptors (Lipinski definition) is 8. The fraction of sp³-hybridized carbons (Fsp3) is 0.389. The van der Waals surface area contributed by atoms with Crippen LogP contribution in [0.5, 0.6) is 0 Å². The molecule has 138 valence electrons. The highest BCUT2D eigenvalue weighted by Crippen LogP contribution is 2.38. The summed E-state index contributed by atoms with van der Waals surface area (Å²) in [6, 6.07) is 4.01. The molecule has 0 bridgehead atoms. The van der Waals surface area contributed by atoms with E-state index in [2.05, 4.69) is 37.6 Å². The van der Waals surface area contributed by atoms with Crippen LogP contribution in [0, 0.1) is 0 Å². The maximum atomic E-state index is 4.71. The molecule has 4 aromatic rings. The third kappa shape index (κ3) is 2.92. The lowest BCUT2D eigenvalue weighted by molar-refractivity contribution is 0.258. The Balaban J connectivity index is 1.59. The first-order chi connectivity index (χ1) is 13.3. The van der Waals surface area contributed by atoms with E-state index in [1.54, 1.807) is 28.2 Å². The van der Waals surface area contributed by atoms with E-state index >= 15 is 0 Å². The molecule has 0 fully saturated rings. The minimum absolute atomic E-state index is 0.531. The molecule has 27 heavy (non-hydrogen) atoms. The molecule has 5 heterocycles. The lowest BCUT2D eigenvalue weighted by Gasteiger charge is -2.26. The predicted octanol–water partition coefficient (Wildman–Crippen LogP) is 2.51. The zero-order valence-corrected chi connectivity index (χ0v) is 15.9. The number of hydrogen-bond donors (Lipinski definition) is 1. The van der Waals surface area contributed by atoms with Gasteiger partial charge in [-0.2, -0.15) is 9.50 Å². The molecule has 0 spiro atoms. The van der Waals surface area contributed by atoms with E-state index in [-0.39, 0.29) is 0 Å². The number of aromatic nitrogens is 6. The first-order valence-corrected chi connectivity index (χ1v) is 10.0. The number of nitrogens with one attached hydrogen (secondary N) is 1. The second-order valence-corrected chi connectivity index (χ2v) is 7.85. The molecule has 8 nitrogen and oxygen atoms in total. The summed E-state index contributed by atoms with van der Waals surface area (Å²) in [5, 5.41) is 16.7. The van der Waals surface area contributed by atoms with Crippen molar-refractivity contribution < 1.29 is 0 Å². The highest BCUT2D eigenvalue weighted by Gasteiger charge is 2.25. The van der Waals surface area contributed by atoms with E-state index in [0.717, 1.165) is 42.3 Å². The van der Waals surface area contributed by atoms with Crippen LogP contribution >= 0.6 is 11.3 Å². The summed E-state index contributed by atoms with van der Waals surface area (Å²) in [4.78, 5) is 13.8.